The molecule has 1 saturated heterocycles. The van der Waals surface area contributed by atoms with Gasteiger partial charge in [0.25, 0.3) is 11.8 Å². The van der Waals surface area contributed by atoms with E-state index in [0.717, 1.165) is 34.4 Å². The standard InChI is InChI=1S/C21H23N5O3S2/c1-12-4-5-15(13(2)10-12)20-22-14(3)17(31-20)19(28)25-24-18(27)16-11-30-21(23-16)26-6-8-29-9-7-26/h4-5,10-11H,6-9H2,1-3H3,(H,24,27)(H,25,28). The van der Waals surface area contributed by atoms with Crippen LogP contribution < -0.4 is 15.8 Å². The fourth-order valence-electron chi connectivity index (χ4n) is 3.28. The molecule has 0 spiro atoms. The molecule has 0 bridgehead atoms. The van der Waals surface area contributed by atoms with E-state index in [1.165, 1.54) is 28.2 Å². The van der Waals surface area contributed by atoms with Crippen molar-refractivity contribution in [3.05, 3.63) is 51.0 Å². The third-order valence-corrected chi connectivity index (χ3v) is 7.00. The monoisotopic (exact) mass is 457 g/mol. The van der Waals surface area contributed by atoms with Gasteiger partial charge in [-0.1, -0.05) is 23.8 Å². The molecule has 0 radical (unpaired) electrons. The number of hydrazine groups is 1. The molecule has 0 unspecified atom stereocenters. The molecule has 8 nitrogen and oxygen atoms in total. The van der Waals surface area contributed by atoms with Gasteiger partial charge in [0.15, 0.2) is 5.13 Å². The van der Waals surface area contributed by atoms with Gasteiger partial charge in [-0.25, -0.2) is 9.97 Å². The van der Waals surface area contributed by atoms with Gasteiger partial charge in [0.1, 0.15) is 15.6 Å². The van der Waals surface area contributed by atoms with Crippen molar-refractivity contribution in [1.29, 1.82) is 0 Å². The van der Waals surface area contributed by atoms with E-state index in [4.69, 9.17) is 4.74 Å². The Morgan fingerprint density at radius 1 is 1.06 bits per heavy atom. The van der Waals surface area contributed by atoms with Gasteiger partial charge in [0.05, 0.1) is 18.9 Å². The number of benzene rings is 1. The normalized spacial score (nSPS) is 13.8. The highest BCUT2D eigenvalue weighted by atomic mass is 32.1. The molecule has 1 aromatic carbocycles. The highest BCUT2D eigenvalue weighted by Gasteiger charge is 2.20. The van der Waals surface area contributed by atoms with Crippen LogP contribution >= 0.6 is 22.7 Å². The summed E-state index contributed by atoms with van der Waals surface area (Å²) in [6.45, 7) is 8.65. The Bertz CT molecular complexity index is 1120. The SMILES string of the molecule is Cc1ccc(-c2nc(C)c(C(=O)NNC(=O)c3csc(N4CCOCC4)n3)s2)c(C)c1. The van der Waals surface area contributed by atoms with E-state index in [9.17, 15) is 9.59 Å². The first-order valence-electron chi connectivity index (χ1n) is 9.86. The lowest BCUT2D eigenvalue weighted by Gasteiger charge is -2.25. The van der Waals surface area contributed by atoms with Crippen molar-refractivity contribution in [2.45, 2.75) is 20.8 Å². The number of nitrogens with zero attached hydrogens (tertiary/aromatic N) is 3. The van der Waals surface area contributed by atoms with E-state index in [0.29, 0.717) is 23.8 Å². The lowest BCUT2D eigenvalue weighted by atomic mass is 10.1. The lowest BCUT2D eigenvalue weighted by molar-refractivity contribution is 0.0846. The van der Waals surface area contributed by atoms with E-state index >= 15 is 0 Å². The number of carbonyl (C=O) groups excluding carboxylic acids is 2. The molecule has 0 saturated carbocycles. The van der Waals surface area contributed by atoms with Crippen molar-refractivity contribution >= 4 is 39.6 Å². The van der Waals surface area contributed by atoms with Crippen LogP contribution in [-0.4, -0.2) is 48.1 Å². The number of anilines is 1. The van der Waals surface area contributed by atoms with Crippen molar-refractivity contribution < 1.29 is 14.3 Å². The summed E-state index contributed by atoms with van der Waals surface area (Å²) in [6.07, 6.45) is 0. The molecule has 1 fully saturated rings. The van der Waals surface area contributed by atoms with Crippen molar-refractivity contribution in [1.82, 2.24) is 20.8 Å². The summed E-state index contributed by atoms with van der Waals surface area (Å²) in [6, 6.07) is 6.13. The Hall–Kier alpha value is -2.82. The topological polar surface area (TPSA) is 96.5 Å². The molecule has 10 heteroatoms. The number of hydrogen-bond donors (Lipinski definition) is 2. The van der Waals surface area contributed by atoms with Crippen LogP contribution in [0.15, 0.2) is 23.6 Å². The van der Waals surface area contributed by atoms with E-state index in [2.05, 4.69) is 31.8 Å². The van der Waals surface area contributed by atoms with Crippen LogP contribution in [0.4, 0.5) is 5.13 Å². The minimum Gasteiger partial charge on any atom is -0.378 e. The molecule has 2 aromatic heterocycles. The molecule has 0 aliphatic carbocycles. The van der Waals surface area contributed by atoms with Crippen LogP contribution in [0.3, 0.4) is 0 Å². The van der Waals surface area contributed by atoms with Gasteiger partial charge < -0.3 is 9.64 Å². The second kappa shape index (κ2) is 9.13. The second-order valence-electron chi connectivity index (χ2n) is 7.27. The first-order chi connectivity index (χ1) is 14.9. The zero-order valence-electron chi connectivity index (χ0n) is 17.5. The molecule has 31 heavy (non-hydrogen) atoms. The number of ether oxygens (including phenoxy) is 1. The van der Waals surface area contributed by atoms with Gasteiger partial charge in [-0.05, 0) is 26.3 Å². The third-order valence-electron chi connectivity index (χ3n) is 4.91. The number of morpholine rings is 1. The predicted octanol–water partition coefficient (Wildman–Crippen LogP) is 3.10. The predicted molar refractivity (Wildman–Crippen MR) is 122 cm³/mol. The van der Waals surface area contributed by atoms with Gasteiger partial charge in [-0.3, -0.25) is 20.4 Å². The number of rotatable bonds is 4. The zero-order valence-corrected chi connectivity index (χ0v) is 19.2. The van der Waals surface area contributed by atoms with Crippen LogP contribution in [0.25, 0.3) is 10.6 Å². The lowest BCUT2D eigenvalue weighted by Crippen LogP contribution is -2.41. The molecule has 1 aliphatic heterocycles. The number of aromatic nitrogens is 2. The van der Waals surface area contributed by atoms with Crippen molar-refractivity contribution in [3.8, 4) is 10.6 Å². The maximum Gasteiger partial charge on any atom is 0.289 e. The van der Waals surface area contributed by atoms with Gasteiger partial charge >= 0.3 is 0 Å². The molecule has 0 atom stereocenters. The van der Waals surface area contributed by atoms with Gasteiger partial charge in [-0.15, -0.1) is 22.7 Å². The number of amides is 2. The van der Waals surface area contributed by atoms with Gasteiger partial charge in [-0.2, -0.15) is 0 Å². The molecular weight excluding hydrogens is 434 g/mol. The number of nitrogens with one attached hydrogen (secondary N) is 2. The first kappa shape index (κ1) is 21.4. The number of hydrogen-bond acceptors (Lipinski definition) is 8. The van der Waals surface area contributed by atoms with Gasteiger partial charge in [0.2, 0.25) is 0 Å². The minimum atomic E-state index is -0.458. The highest BCUT2D eigenvalue weighted by Crippen LogP contribution is 2.30. The molecule has 162 valence electrons. The number of aryl methyl sites for hydroxylation is 3. The van der Waals surface area contributed by atoms with Crippen LogP contribution in [0.5, 0.6) is 0 Å². The third kappa shape index (κ3) is 4.76. The molecular formula is C21H23N5O3S2. The van der Waals surface area contributed by atoms with E-state index in [1.54, 1.807) is 12.3 Å². The van der Waals surface area contributed by atoms with Crippen molar-refractivity contribution in [2.75, 3.05) is 31.2 Å². The maximum atomic E-state index is 12.6. The summed E-state index contributed by atoms with van der Waals surface area (Å²) in [5.41, 5.74) is 9.10. The molecule has 3 aromatic rings. The van der Waals surface area contributed by atoms with Crippen LogP contribution in [0.1, 0.15) is 37.0 Å². The highest BCUT2D eigenvalue weighted by molar-refractivity contribution is 7.17. The van der Waals surface area contributed by atoms with E-state index in [1.807, 2.05) is 26.0 Å². The van der Waals surface area contributed by atoms with Gasteiger partial charge in [0, 0.05) is 24.0 Å². The molecule has 1 aliphatic rings. The smallest absolute Gasteiger partial charge is 0.289 e. The van der Waals surface area contributed by atoms with Crippen LogP contribution in [0.2, 0.25) is 0 Å². The first-order valence-corrected chi connectivity index (χ1v) is 11.6. The Morgan fingerprint density at radius 2 is 1.81 bits per heavy atom. The summed E-state index contributed by atoms with van der Waals surface area (Å²) < 4.78 is 5.34. The summed E-state index contributed by atoms with van der Waals surface area (Å²) >= 11 is 2.70. The minimum absolute atomic E-state index is 0.267. The maximum absolute atomic E-state index is 12.6. The molecule has 2 N–H and O–H groups in total. The average molecular weight is 458 g/mol. The largest absolute Gasteiger partial charge is 0.378 e. The quantitative estimate of drug-likeness (QED) is 0.585. The zero-order chi connectivity index (χ0) is 22.0. The average Bonchev–Trinajstić information content (AvgIpc) is 3.40. The van der Waals surface area contributed by atoms with Crippen LogP contribution in [-0.2, 0) is 4.74 Å². The van der Waals surface area contributed by atoms with Crippen molar-refractivity contribution in [2.24, 2.45) is 0 Å². The summed E-state index contributed by atoms with van der Waals surface area (Å²) in [5, 5.41) is 3.24. The van der Waals surface area contributed by atoms with Crippen molar-refractivity contribution in [3.63, 3.8) is 0 Å². The summed E-state index contributed by atoms with van der Waals surface area (Å²) in [5.74, 6) is -0.858. The number of thiazole rings is 2. The Morgan fingerprint density at radius 3 is 2.55 bits per heavy atom. The number of carbonyl (C=O) groups is 2. The molecule has 4 rings (SSSR count). The fourth-order valence-corrected chi connectivity index (χ4v) is 5.19. The Kier molecular flexibility index (Phi) is 6.30. The van der Waals surface area contributed by atoms with Crippen LogP contribution in [0, 0.1) is 20.8 Å². The molecule has 3 heterocycles. The fraction of sp³-hybridized carbons (Fsp3) is 0.333. The summed E-state index contributed by atoms with van der Waals surface area (Å²) in [4.78, 5) is 36.5. The second-order valence-corrected chi connectivity index (χ2v) is 9.11. The Balaban J connectivity index is 1.40. The summed E-state index contributed by atoms with van der Waals surface area (Å²) in [7, 11) is 0. The van der Waals surface area contributed by atoms with E-state index < -0.39 is 11.8 Å². The Labute approximate surface area is 188 Å². The molecule has 2 amide bonds. The van der Waals surface area contributed by atoms with E-state index in [-0.39, 0.29) is 5.69 Å².